The third-order valence-electron chi connectivity index (χ3n) is 3.68. The molecule has 1 aromatic rings. The number of rotatable bonds is 5. The fraction of sp³-hybridized carbons (Fsp3) is 0.529. The third kappa shape index (κ3) is 4.20. The fourth-order valence-corrected chi connectivity index (χ4v) is 3.99. The van der Waals surface area contributed by atoms with Gasteiger partial charge in [-0.25, -0.2) is 14.0 Å². The number of hydrogen-bond donors (Lipinski definition) is 1. The minimum atomic E-state index is -0.652. The van der Waals surface area contributed by atoms with Crippen LogP contribution in [0.1, 0.15) is 27.2 Å². The number of carbonyl (C=O) groups excluding carboxylic acids is 2. The Bertz CT molecular complexity index is 597. The zero-order valence-corrected chi connectivity index (χ0v) is 14.9. The van der Waals surface area contributed by atoms with E-state index < -0.39 is 23.9 Å². The van der Waals surface area contributed by atoms with E-state index in [1.165, 1.54) is 17.0 Å². The molecule has 1 fully saturated rings. The van der Waals surface area contributed by atoms with Crippen molar-refractivity contribution in [3.63, 3.8) is 0 Å². The smallest absolute Gasteiger partial charge is 0.329 e. The quantitative estimate of drug-likeness (QED) is 0.819. The van der Waals surface area contributed by atoms with Crippen molar-refractivity contribution in [3.8, 4) is 0 Å². The number of ether oxygens (including phenoxy) is 1. The summed E-state index contributed by atoms with van der Waals surface area (Å²) in [6.45, 7) is 6.22. The van der Waals surface area contributed by atoms with Crippen LogP contribution < -0.4 is 5.32 Å². The molecule has 1 aliphatic heterocycles. The molecule has 24 heavy (non-hydrogen) atoms. The number of anilines is 1. The highest BCUT2D eigenvalue weighted by Gasteiger charge is 2.43. The van der Waals surface area contributed by atoms with Crippen LogP contribution in [0.2, 0.25) is 0 Å². The second-order valence-electron chi connectivity index (χ2n) is 5.97. The maximum atomic E-state index is 13.8. The van der Waals surface area contributed by atoms with E-state index in [2.05, 4.69) is 5.32 Å². The highest BCUT2D eigenvalue weighted by Crippen LogP contribution is 2.35. The molecule has 7 heteroatoms. The molecule has 5 nitrogen and oxygen atoms in total. The summed E-state index contributed by atoms with van der Waals surface area (Å²) < 4.78 is 19.0. The van der Waals surface area contributed by atoms with Crippen molar-refractivity contribution in [3.05, 3.63) is 30.1 Å². The Kier molecular flexibility index (Phi) is 6.48. The zero-order chi connectivity index (χ0) is 17.7. The highest BCUT2D eigenvalue weighted by atomic mass is 32.2. The molecule has 2 amide bonds. The number of nitrogens with one attached hydrogen (secondary N) is 1. The summed E-state index contributed by atoms with van der Waals surface area (Å²) in [5.74, 6) is -0.277. The fourth-order valence-electron chi connectivity index (χ4n) is 2.52. The average Bonchev–Trinajstić information content (AvgIpc) is 3.00. The molecule has 1 N–H and O–H groups in total. The molecule has 0 saturated carbocycles. The van der Waals surface area contributed by atoms with Crippen molar-refractivity contribution in [1.29, 1.82) is 0 Å². The van der Waals surface area contributed by atoms with Gasteiger partial charge in [0.05, 0.1) is 17.7 Å². The number of para-hydroxylation sites is 1. The lowest BCUT2D eigenvalue weighted by atomic mass is 10.1. The SMILES string of the molecule is CCCOC(=O)C1CSC(C(C)C)N1C(=O)Nc1ccccc1F. The number of urea groups is 1. The lowest BCUT2D eigenvalue weighted by molar-refractivity contribution is -0.148. The molecule has 1 aromatic carbocycles. The Morgan fingerprint density at radius 2 is 2.12 bits per heavy atom. The van der Waals surface area contributed by atoms with Gasteiger partial charge in [0.25, 0.3) is 0 Å². The number of halogens is 1. The van der Waals surface area contributed by atoms with Gasteiger partial charge in [0.2, 0.25) is 0 Å². The molecule has 2 atom stereocenters. The first-order chi connectivity index (χ1) is 11.5. The summed E-state index contributed by atoms with van der Waals surface area (Å²) >= 11 is 1.54. The van der Waals surface area contributed by atoms with Crippen LogP contribution >= 0.6 is 11.8 Å². The van der Waals surface area contributed by atoms with E-state index >= 15 is 0 Å². The first kappa shape index (κ1) is 18.6. The summed E-state index contributed by atoms with van der Waals surface area (Å²) in [5.41, 5.74) is 0.0996. The van der Waals surface area contributed by atoms with Crippen molar-refractivity contribution in [1.82, 2.24) is 4.90 Å². The number of thioether (sulfide) groups is 1. The van der Waals surface area contributed by atoms with Crippen LogP contribution in [0.25, 0.3) is 0 Å². The van der Waals surface area contributed by atoms with Crippen molar-refractivity contribution in [2.75, 3.05) is 17.7 Å². The number of carbonyl (C=O) groups is 2. The second kappa shape index (κ2) is 8.37. The summed E-state index contributed by atoms with van der Waals surface area (Å²) in [6, 6.07) is 4.83. The molecule has 0 spiro atoms. The Hall–Kier alpha value is -1.76. The predicted molar refractivity (Wildman–Crippen MR) is 93.4 cm³/mol. The largest absolute Gasteiger partial charge is 0.464 e. The second-order valence-corrected chi connectivity index (χ2v) is 7.12. The van der Waals surface area contributed by atoms with E-state index in [0.29, 0.717) is 12.4 Å². The van der Waals surface area contributed by atoms with Crippen LogP contribution in [0.4, 0.5) is 14.9 Å². The molecule has 0 radical (unpaired) electrons. The van der Waals surface area contributed by atoms with Crippen LogP contribution in [0.15, 0.2) is 24.3 Å². The third-order valence-corrected chi connectivity index (χ3v) is 5.30. The molecule has 0 bridgehead atoms. The van der Waals surface area contributed by atoms with E-state index in [9.17, 15) is 14.0 Å². The standard InChI is InChI=1S/C17H23FN2O3S/c1-4-9-23-16(21)14-10-24-15(11(2)3)20(14)17(22)19-13-8-6-5-7-12(13)18/h5-8,11,14-15H,4,9-10H2,1-3H3,(H,19,22). The molecule has 2 unspecified atom stereocenters. The summed E-state index contributed by atoms with van der Waals surface area (Å²) in [4.78, 5) is 26.5. The summed E-state index contributed by atoms with van der Waals surface area (Å²) in [5, 5.41) is 2.41. The maximum Gasteiger partial charge on any atom is 0.329 e. The van der Waals surface area contributed by atoms with Gasteiger partial charge in [-0.2, -0.15) is 0 Å². The molecule has 2 rings (SSSR count). The van der Waals surface area contributed by atoms with Gasteiger partial charge < -0.3 is 10.1 Å². The van der Waals surface area contributed by atoms with Crippen LogP contribution in [0.3, 0.4) is 0 Å². The van der Waals surface area contributed by atoms with E-state index in [1.807, 2.05) is 20.8 Å². The molecule has 1 aliphatic rings. The zero-order valence-electron chi connectivity index (χ0n) is 14.1. The minimum Gasteiger partial charge on any atom is -0.464 e. The van der Waals surface area contributed by atoms with Gasteiger partial charge in [-0.15, -0.1) is 11.8 Å². The molecular formula is C17H23FN2O3S. The summed E-state index contributed by atoms with van der Waals surface area (Å²) in [7, 11) is 0. The van der Waals surface area contributed by atoms with Gasteiger partial charge in [-0.3, -0.25) is 4.90 Å². The highest BCUT2D eigenvalue weighted by molar-refractivity contribution is 8.00. The molecule has 132 valence electrons. The van der Waals surface area contributed by atoms with Gasteiger partial charge in [-0.1, -0.05) is 32.9 Å². The number of nitrogens with zero attached hydrogens (tertiary/aromatic N) is 1. The van der Waals surface area contributed by atoms with Crippen molar-refractivity contribution < 1.29 is 18.7 Å². The molecule has 0 aliphatic carbocycles. The lowest BCUT2D eigenvalue weighted by Crippen LogP contribution is -2.49. The number of esters is 1. The average molecular weight is 354 g/mol. The first-order valence-corrected chi connectivity index (χ1v) is 9.12. The molecule has 1 heterocycles. The van der Waals surface area contributed by atoms with Gasteiger partial charge in [-0.05, 0) is 24.5 Å². The monoisotopic (exact) mass is 354 g/mol. The Balaban J connectivity index is 2.18. The Morgan fingerprint density at radius 1 is 1.42 bits per heavy atom. The van der Waals surface area contributed by atoms with Crippen LogP contribution in [0, 0.1) is 11.7 Å². The van der Waals surface area contributed by atoms with Gasteiger partial charge in [0.15, 0.2) is 0 Å². The van der Waals surface area contributed by atoms with Crippen LogP contribution in [0.5, 0.6) is 0 Å². The molecule has 1 saturated heterocycles. The Labute approximate surface area is 145 Å². The molecular weight excluding hydrogens is 331 g/mol. The van der Waals surface area contributed by atoms with Crippen molar-refractivity contribution >= 4 is 29.4 Å². The minimum absolute atomic E-state index is 0.0996. The topological polar surface area (TPSA) is 58.6 Å². The Morgan fingerprint density at radius 3 is 2.75 bits per heavy atom. The number of hydrogen-bond acceptors (Lipinski definition) is 4. The van der Waals surface area contributed by atoms with Gasteiger partial charge >= 0.3 is 12.0 Å². The van der Waals surface area contributed by atoms with Crippen molar-refractivity contribution in [2.45, 2.75) is 38.6 Å². The van der Waals surface area contributed by atoms with E-state index in [4.69, 9.17) is 4.74 Å². The first-order valence-electron chi connectivity index (χ1n) is 8.07. The molecule has 0 aromatic heterocycles. The van der Waals surface area contributed by atoms with Gasteiger partial charge in [0.1, 0.15) is 11.9 Å². The van der Waals surface area contributed by atoms with Gasteiger partial charge in [0, 0.05) is 5.75 Å². The van der Waals surface area contributed by atoms with Crippen LogP contribution in [-0.4, -0.2) is 40.7 Å². The van der Waals surface area contributed by atoms with Crippen LogP contribution in [-0.2, 0) is 9.53 Å². The lowest BCUT2D eigenvalue weighted by Gasteiger charge is -2.30. The number of benzene rings is 1. The number of amides is 2. The van der Waals surface area contributed by atoms with E-state index in [1.54, 1.807) is 23.9 Å². The normalized spacial score (nSPS) is 20.3. The predicted octanol–water partition coefficient (Wildman–Crippen LogP) is 3.71. The summed E-state index contributed by atoms with van der Waals surface area (Å²) in [6.07, 6.45) is 0.723. The van der Waals surface area contributed by atoms with Crippen molar-refractivity contribution in [2.24, 2.45) is 5.92 Å². The van der Waals surface area contributed by atoms with E-state index in [0.717, 1.165) is 6.42 Å². The van der Waals surface area contributed by atoms with E-state index in [-0.39, 0.29) is 17.0 Å². The maximum absolute atomic E-state index is 13.8.